The fraction of sp³-hybridized carbons (Fsp3) is 0.600. The summed E-state index contributed by atoms with van der Waals surface area (Å²) >= 11 is 0. The maximum absolute atomic E-state index is 12.6. The van der Waals surface area contributed by atoms with Gasteiger partial charge in [0.15, 0.2) is 5.78 Å². The highest BCUT2D eigenvalue weighted by Crippen LogP contribution is 2.32. The lowest BCUT2D eigenvalue weighted by Gasteiger charge is -2.27. The molecule has 0 saturated heterocycles. The second-order valence-corrected chi connectivity index (χ2v) is 5.30. The van der Waals surface area contributed by atoms with E-state index in [-0.39, 0.29) is 23.7 Å². The molecule has 98 valence electrons. The Bertz CT molecular complexity index is 428. The Labute approximate surface area is 109 Å². The molecule has 3 heteroatoms. The van der Waals surface area contributed by atoms with Crippen molar-refractivity contribution in [1.29, 1.82) is 0 Å². The van der Waals surface area contributed by atoms with Crippen molar-refractivity contribution in [3.8, 4) is 0 Å². The normalized spacial score (nSPS) is 20.6. The van der Waals surface area contributed by atoms with Crippen LogP contribution in [0.25, 0.3) is 0 Å². The van der Waals surface area contributed by atoms with Crippen molar-refractivity contribution in [1.82, 2.24) is 4.98 Å². The molecule has 2 unspecified atom stereocenters. The first kappa shape index (κ1) is 13.2. The van der Waals surface area contributed by atoms with Gasteiger partial charge in [-0.15, -0.1) is 0 Å². The summed E-state index contributed by atoms with van der Waals surface area (Å²) in [4.78, 5) is 17.0. The fourth-order valence-electron chi connectivity index (χ4n) is 2.80. The van der Waals surface area contributed by atoms with E-state index in [9.17, 15) is 4.79 Å². The minimum Gasteiger partial charge on any atom is -0.373 e. The van der Waals surface area contributed by atoms with Crippen molar-refractivity contribution in [2.75, 3.05) is 7.11 Å². The van der Waals surface area contributed by atoms with Crippen molar-refractivity contribution in [3.63, 3.8) is 0 Å². The minimum absolute atomic E-state index is 0.0812. The van der Waals surface area contributed by atoms with Crippen LogP contribution in [0.15, 0.2) is 18.3 Å². The molecule has 1 aromatic rings. The zero-order valence-electron chi connectivity index (χ0n) is 11.3. The molecule has 0 bridgehead atoms. The molecule has 2 atom stereocenters. The number of Topliss-reactive ketones (excluding diaryl/α,β-unsaturated/α-hetero) is 1. The molecule has 1 aromatic heterocycles. The van der Waals surface area contributed by atoms with Crippen LogP contribution in [0.3, 0.4) is 0 Å². The van der Waals surface area contributed by atoms with Gasteiger partial charge in [-0.05, 0) is 36.8 Å². The predicted molar refractivity (Wildman–Crippen MR) is 70.6 cm³/mol. The molecule has 0 spiro atoms. The second-order valence-electron chi connectivity index (χ2n) is 5.30. The van der Waals surface area contributed by atoms with E-state index in [4.69, 9.17) is 4.74 Å². The number of aryl methyl sites for hydroxylation is 1. The van der Waals surface area contributed by atoms with E-state index in [1.165, 1.54) is 5.56 Å². The molecule has 0 fully saturated rings. The quantitative estimate of drug-likeness (QED) is 0.821. The van der Waals surface area contributed by atoms with Crippen molar-refractivity contribution in [2.24, 2.45) is 5.92 Å². The third-order valence-corrected chi connectivity index (χ3v) is 3.68. The number of ketones is 1. The van der Waals surface area contributed by atoms with Gasteiger partial charge in [0, 0.05) is 13.3 Å². The molecular weight excluding hydrogens is 226 g/mol. The van der Waals surface area contributed by atoms with Gasteiger partial charge in [-0.1, -0.05) is 19.9 Å². The van der Waals surface area contributed by atoms with Gasteiger partial charge in [0.05, 0.1) is 11.6 Å². The van der Waals surface area contributed by atoms with Crippen LogP contribution in [0, 0.1) is 5.92 Å². The van der Waals surface area contributed by atoms with E-state index >= 15 is 0 Å². The largest absolute Gasteiger partial charge is 0.373 e. The van der Waals surface area contributed by atoms with Crippen molar-refractivity contribution in [3.05, 3.63) is 29.6 Å². The summed E-state index contributed by atoms with van der Waals surface area (Å²) < 4.78 is 5.36. The van der Waals surface area contributed by atoms with E-state index in [1.54, 1.807) is 13.3 Å². The number of methoxy groups -OCH3 is 1. The van der Waals surface area contributed by atoms with E-state index in [0.717, 1.165) is 25.0 Å². The molecule has 1 aliphatic carbocycles. The minimum atomic E-state index is -0.317. The van der Waals surface area contributed by atoms with Crippen molar-refractivity contribution in [2.45, 2.75) is 45.1 Å². The average molecular weight is 247 g/mol. The van der Waals surface area contributed by atoms with Gasteiger partial charge < -0.3 is 4.74 Å². The van der Waals surface area contributed by atoms with Crippen LogP contribution < -0.4 is 0 Å². The molecule has 0 aromatic carbocycles. The number of carbonyl (C=O) groups is 1. The molecule has 2 rings (SSSR count). The van der Waals surface area contributed by atoms with Crippen LogP contribution in [0.1, 0.15) is 43.9 Å². The summed E-state index contributed by atoms with van der Waals surface area (Å²) in [6, 6.07) is 4.03. The molecule has 0 radical (unpaired) electrons. The maximum atomic E-state index is 12.6. The molecular formula is C15H21NO2. The van der Waals surface area contributed by atoms with Crippen LogP contribution in [0.5, 0.6) is 0 Å². The number of fused-ring (bicyclic) bond motifs is 1. The number of pyridine rings is 1. The Morgan fingerprint density at radius 1 is 1.50 bits per heavy atom. The zero-order chi connectivity index (χ0) is 13.1. The molecule has 3 nitrogen and oxygen atoms in total. The number of hydrogen-bond acceptors (Lipinski definition) is 3. The van der Waals surface area contributed by atoms with Crippen LogP contribution in [-0.4, -0.2) is 24.0 Å². The average Bonchev–Trinajstić information content (AvgIpc) is 2.38. The van der Waals surface area contributed by atoms with Crippen LogP contribution in [-0.2, 0) is 16.0 Å². The van der Waals surface area contributed by atoms with Crippen LogP contribution in [0.2, 0.25) is 0 Å². The molecule has 18 heavy (non-hydrogen) atoms. The highest BCUT2D eigenvalue weighted by Gasteiger charge is 2.33. The SMILES string of the molecule is COC(C(=O)C1CCCc2cccnc21)C(C)C. The molecule has 0 amide bonds. The third kappa shape index (κ3) is 2.46. The fourth-order valence-corrected chi connectivity index (χ4v) is 2.80. The van der Waals surface area contributed by atoms with Crippen LogP contribution in [0.4, 0.5) is 0 Å². The van der Waals surface area contributed by atoms with Gasteiger partial charge in [0.2, 0.25) is 0 Å². The lowest BCUT2D eigenvalue weighted by molar-refractivity contribution is -0.133. The number of ether oxygens (including phenoxy) is 1. The lowest BCUT2D eigenvalue weighted by Crippen LogP contribution is -2.34. The van der Waals surface area contributed by atoms with Gasteiger partial charge in [-0.25, -0.2) is 0 Å². The maximum Gasteiger partial charge on any atom is 0.170 e. The molecule has 1 heterocycles. The summed E-state index contributed by atoms with van der Waals surface area (Å²) in [7, 11) is 1.62. The smallest absolute Gasteiger partial charge is 0.170 e. The van der Waals surface area contributed by atoms with E-state index < -0.39 is 0 Å². The Morgan fingerprint density at radius 2 is 2.28 bits per heavy atom. The first-order valence-corrected chi connectivity index (χ1v) is 6.65. The van der Waals surface area contributed by atoms with Crippen molar-refractivity contribution >= 4 is 5.78 Å². The number of carbonyl (C=O) groups excluding carboxylic acids is 1. The van der Waals surface area contributed by atoms with Gasteiger partial charge >= 0.3 is 0 Å². The Kier molecular flexibility index (Phi) is 4.12. The number of rotatable bonds is 4. The first-order chi connectivity index (χ1) is 8.65. The summed E-state index contributed by atoms with van der Waals surface area (Å²) in [6.45, 7) is 4.04. The monoisotopic (exact) mass is 247 g/mol. The summed E-state index contributed by atoms with van der Waals surface area (Å²) in [5.41, 5.74) is 2.19. The van der Waals surface area contributed by atoms with E-state index in [2.05, 4.69) is 11.1 Å². The topological polar surface area (TPSA) is 39.2 Å². The number of hydrogen-bond donors (Lipinski definition) is 0. The number of nitrogens with zero attached hydrogens (tertiary/aromatic N) is 1. The summed E-state index contributed by atoms with van der Waals surface area (Å²) in [5, 5.41) is 0. The van der Waals surface area contributed by atoms with Crippen molar-refractivity contribution < 1.29 is 9.53 Å². The third-order valence-electron chi connectivity index (χ3n) is 3.68. The molecule has 0 saturated carbocycles. The molecule has 0 aliphatic heterocycles. The highest BCUT2D eigenvalue weighted by molar-refractivity contribution is 5.90. The van der Waals surface area contributed by atoms with Crippen LogP contribution >= 0.6 is 0 Å². The van der Waals surface area contributed by atoms with Gasteiger partial charge in [-0.2, -0.15) is 0 Å². The summed E-state index contributed by atoms with van der Waals surface area (Å²) in [6.07, 6.45) is 4.45. The summed E-state index contributed by atoms with van der Waals surface area (Å²) in [5.74, 6) is 0.311. The van der Waals surface area contributed by atoms with Gasteiger partial charge in [0.25, 0.3) is 0 Å². The van der Waals surface area contributed by atoms with E-state index in [1.807, 2.05) is 19.9 Å². The lowest BCUT2D eigenvalue weighted by atomic mass is 9.81. The standard InChI is InChI=1S/C15H21NO2/c1-10(2)15(18-3)14(17)12-8-4-6-11-7-5-9-16-13(11)12/h5,7,9-10,12,15H,4,6,8H2,1-3H3. The first-order valence-electron chi connectivity index (χ1n) is 6.65. The van der Waals surface area contributed by atoms with Gasteiger partial charge in [-0.3, -0.25) is 9.78 Å². The Morgan fingerprint density at radius 3 is 2.94 bits per heavy atom. The molecule has 1 aliphatic rings. The zero-order valence-corrected chi connectivity index (χ0v) is 11.3. The second kappa shape index (κ2) is 5.61. The Balaban J connectivity index is 2.27. The molecule has 0 N–H and O–H groups in total. The highest BCUT2D eigenvalue weighted by atomic mass is 16.5. The van der Waals surface area contributed by atoms with Gasteiger partial charge in [0.1, 0.15) is 6.10 Å². The number of aromatic nitrogens is 1. The van der Waals surface area contributed by atoms with E-state index in [0.29, 0.717) is 0 Å². The Hall–Kier alpha value is -1.22. The predicted octanol–water partition coefficient (Wildman–Crippen LogP) is 2.74.